The Hall–Kier alpha value is -0.770. The fourth-order valence-electron chi connectivity index (χ4n) is 1.64. The van der Waals surface area contributed by atoms with E-state index in [0.717, 1.165) is 19.6 Å². The molecule has 1 atom stereocenters. The summed E-state index contributed by atoms with van der Waals surface area (Å²) in [6, 6.07) is 13.3. The highest BCUT2D eigenvalue weighted by molar-refractivity contribution is 8.01. The summed E-state index contributed by atoms with van der Waals surface area (Å²) in [6.45, 7) is 0. The van der Waals surface area contributed by atoms with Crippen LogP contribution in [0.3, 0.4) is 0 Å². The van der Waals surface area contributed by atoms with Crippen LogP contribution in [0.2, 0.25) is 5.02 Å². The molecule has 0 amide bonds. The number of hydrogen-bond acceptors (Lipinski definition) is 2. The van der Waals surface area contributed by atoms with E-state index in [1.165, 1.54) is 0 Å². The fourth-order valence-corrected chi connectivity index (χ4v) is 4.61. The zero-order valence-corrected chi connectivity index (χ0v) is 10.5. The Balaban J connectivity index is 2.22. The molecule has 1 aliphatic rings. The number of halogens is 1. The van der Waals surface area contributed by atoms with Crippen LogP contribution in [-0.4, -0.2) is 4.21 Å². The van der Waals surface area contributed by atoms with Crippen LogP contribution in [0.4, 0.5) is 0 Å². The van der Waals surface area contributed by atoms with Crippen molar-refractivity contribution in [1.82, 2.24) is 0 Å². The van der Waals surface area contributed by atoms with Gasteiger partial charge in [0.15, 0.2) is 0 Å². The molecule has 0 saturated heterocycles. The van der Waals surface area contributed by atoms with E-state index < -0.39 is 10.8 Å². The van der Waals surface area contributed by atoms with Gasteiger partial charge in [0.1, 0.15) is 0 Å². The summed E-state index contributed by atoms with van der Waals surface area (Å²) in [6.07, 6.45) is 0. The monoisotopic (exact) mass is 266 g/mol. The van der Waals surface area contributed by atoms with Crippen molar-refractivity contribution in [2.24, 2.45) is 0 Å². The van der Waals surface area contributed by atoms with Crippen LogP contribution in [0, 0.1) is 0 Å². The largest absolute Gasteiger partial charge is 0.249 e. The van der Waals surface area contributed by atoms with Gasteiger partial charge in [-0.05, 0) is 30.3 Å². The van der Waals surface area contributed by atoms with Crippen molar-refractivity contribution in [3.05, 3.63) is 47.5 Å². The molecule has 0 N–H and O–H groups in total. The van der Waals surface area contributed by atoms with E-state index in [1.807, 2.05) is 36.4 Å². The number of hydrogen-bond donors (Lipinski definition) is 0. The summed E-state index contributed by atoms with van der Waals surface area (Å²) in [5.41, 5.74) is 0. The molecule has 2 aromatic rings. The highest BCUT2D eigenvalue weighted by Crippen LogP contribution is 2.43. The minimum Gasteiger partial charge on any atom is -0.249 e. The zero-order chi connectivity index (χ0) is 11.1. The summed E-state index contributed by atoms with van der Waals surface area (Å²) < 4.78 is 12.3. The average molecular weight is 267 g/mol. The van der Waals surface area contributed by atoms with Gasteiger partial charge in [-0.15, -0.1) is 0 Å². The first-order valence-electron chi connectivity index (χ1n) is 4.74. The van der Waals surface area contributed by atoms with E-state index in [9.17, 15) is 4.21 Å². The van der Waals surface area contributed by atoms with Crippen LogP contribution in [0.1, 0.15) is 0 Å². The van der Waals surface area contributed by atoms with Crippen LogP contribution in [0.25, 0.3) is 0 Å². The Labute approximate surface area is 105 Å². The SMILES string of the molecule is O=S1c2ccccc2Sc2cc(Cl)ccc21. The van der Waals surface area contributed by atoms with Crippen LogP contribution in [-0.2, 0) is 10.8 Å². The molecule has 1 unspecified atom stereocenters. The lowest BCUT2D eigenvalue weighted by Gasteiger charge is -2.17. The van der Waals surface area contributed by atoms with E-state index in [0.29, 0.717) is 5.02 Å². The maximum absolute atomic E-state index is 12.3. The van der Waals surface area contributed by atoms with Gasteiger partial charge >= 0.3 is 0 Å². The van der Waals surface area contributed by atoms with E-state index >= 15 is 0 Å². The van der Waals surface area contributed by atoms with Crippen LogP contribution < -0.4 is 0 Å². The average Bonchev–Trinajstić information content (AvgIpc) is 2.29. The number of rotatable bonds is 0. The number of fused-ring (bicyclic) bond motifs is 2. The van der Waals surface area contributed by atoms with Gasteiger partial charge < -0.3 is 0 Å². The maximum Gasteiger partial charge on any atom is 0.0872 e. The Morgan fingerprint density at radius 3 is 2.62 bits per heavy atom. The molecule has 0 saturated carbocycles. The quantitative estimate of drug-likeness (QED) is 0.612. The summed E-state index contributed by atoms with van der Waals surface area (Å²) in [5, 5.41) is 0.683. The molecule has 0 fully saturated rings. The van der Waals surface area contributed by atoms with Gasteiger partial charge in [0, 0.05) is 14.8 Å². The minimum atomic E-state index is -1.08. The van der Waals surface area contributed by atoms with Crippen molar-refractivity contribution in [2.75, 3.05) is 0 Å². The van der Waals surface area contributed by atoms with Crippen molar-refractivity contribution in [3.8, 4) is 0 Å². The Bertz CT molecular complexity index is 595. The lowest BCUT2D eigenvalue weighted by molar-refractivity contribution is 0.679. The smallest absolute Gasteiger partial charge is 0.0872 e. The molecule has 16 heavy (non-hydrogen) atoms. The third-order valence-corrected chi connectivity index (χ3v) is 5.51. The Morgan fingerprint density at radius 2 is 1.75 bits per heavy atom. The summed E-state index contributed by atoms with van der Waals surface area (Å²) in [5.74, 6) is 0. The molecule has 1 nitrogen and oxygen atoms in total. The molecule has 0 bridgehead atoms. The first-order valence-corrected chi connectivity index (χ1v) is 7.08. The standard InChI is InChI=1S/C12H7ClOS2/c13-8-5-6-12-10(7-8)15-9-3-1-2-4-11(9)16(12)14/h1-7H. The molecular weight excluding hydrogens is 260 g/mol. The second-order valence-corrected chi connectivity index (χ2v) is 6.35. The number of benzene rings is 2. The van der Waals surface area contributed by atoms with Crippen molar-refractivity contribution < 1.29 is 4.21 Å². The first kappa shape index (κ1) is 10.4. The van der Waals surface area contributed by atoms with Crippen molar-refractivity contribution >= 4 is 34.2 Å². The third-order valence-electron chi connectivity index (χ3n) is 2.37. The van der Waals surface area contributed by atoms with Crippen molar-refractivity contribution in [2.45, 2.75) is 19.6 Å². The zero-order valence-electron chi connectivity index (χ0n) is 8.14. The summed E-state index contributed by atoms with van der Waals surface area (Å²) in [7, 11) is -1.08. The molecule has 0 aromatic heterocycles. The molecule has 2 aromatic carbocycles. The van der Waals surface area contributed by atoms with Gasteiger partial charge in [-0.3, -0.25) is 0 Å². The van der Waals surface area contributed by atoms with Crippen LogP contribution in [0.15, 0.2) is 62.0 Å². The molecule has 0 radical (unpaired) electrons. The topological polar surface area (TPSA) is 17.1 Å². The van der Waals surface area contributed by atoms with Crippen molar-refractivity contribution in [3.63, 3.8) is 0 Å². The predicted octanol–water partition coefficient (Wildman–Crippen LogP) is 3.97. The summed E-state index contributed by atoms with van der Waals surface area (Å²) >= 11 is 7.56. The van der Waals surface area contributed by atoms with Crippen LogP contribution >= 0.6 is 23.4 Å². The third kappa shape index (κ3) is 1.59. The van der Waals surface area contributed by atoms with Gasteiger partial charge in [0.2, 0.25) is 0 Å². The summed E-state index contributed by atoms with van der Waals surface area (Å²) in [4.78, 5) is 3.79. The van der Waals surface area contributed by atoms with Gasteiger partial charge in [-0.25, -0.2) is 4.21 Å². The lowest BCUT2D eigenvalue weighted by Crippen LogP contribution is -2.01. The molecule has 0 spiro atoms. The van der Waals surface area contributed by atoms with Gasteiger partial charge in [0.25, 0.3) is 0 Å². The molecule has 1 heterocycles. The van der Waals surface area contributed by atoms with Crippen molar-refractivity contribution in [1.29, 1.82) is 0 Å². The van der Waals surface area contributed by atoms with Crippen LogP contribution in [0.5, 0.6) is 0 Å². The fraction of sp³-hybridized carbons (Fsp3) is 0. The van der Waals surface area contributed by atoms with E-state index in [2.05, 4.69) is 0 Å². The molecule has 4 heteroatoms. The predicted molar refractivity (Wildman–Crippen MR) is 66.7 cm³/mol. The highest BCUT2D eigenvalue weighted by atomic mass is 35.5. The van der Waals surface area contributed by atoms with Gasteiger partial charge in [0.05, 0.1) is 20.6 Å². The molecule has 0 aliphatic carbocycles. The maximum atomic E-state index is 12.3. The molecule has 1 aliphatic heterocycles. The van der Waals surface area contributed by atoms with Gasteiger partial charge in [-0.1, -0.05) is 35.5 Å². The minimum absolute atomic E-state index is 0.683. The molecule has 3 rings (SSSR count). The van der Waals surface area contributed by atoms with Gasteiger partial charge in [-0.2, -0.15) is 0 Å². The first-order chi connectivity index (χ1) is 7.75. The van der Waals surface area contributed by atoms with E-state index in [4.69, 9.17) is 11.6 Å². The normalized spacial score (nSPS) is 17.7. The second kappa shape index (κ2) is 3.91. The van der Waals surface area contributed by atoms with E-state index in [1.54, 1.807) is 17.8 Å². The second-order valence-electron chi connectivity index (χ2n) is 3.41. The lowest BCUT2D eigenvalue weighted by atomic mass is 10.3. The Morgan fingerprint density at radius 1 is 1.00 bits per heavy atom. The highest BCUT2D eigenvalue weighted by Gasteiger charge is 2.22. The molecule has 80 valence electrons. The molecular formula is C12H7ClOS2. The van der Waals surface area contributed by atoms with E-state index in [-0.39, 0.29) is 0 Å². The Kier molecular flexibility index (Phi) is 2.54.